The molecule has 1 unspecified atom stereocenters. The maximum atomic E-state index is 13.6. The molecule has 1 atom stereocenters. The number of likely N-dealkylation sites (N-methyl/N-ethyl adjacent to an activating group) is 1. The first-order valence-electron chi connectivity index (χ1n) is 6.20. The van der Waals surface area contributed by atoms with E-state index in [0.717, 1.165) is 17.1 Å². The number of furan rings is 1. The number of aryl methyl sites for hydroxylation is 1. The van der Waals surface area contributed by atoms with Crippen LogP contribution in [0.25, 0.3) is 0 Å². The molecule has 19 heavy (non-hydrogen) atoms. The van der Waals surface area contributed by atoms with Crippen LogP contribution in [-0.2, 0) is 6.42 Å². The number of methoxy groups -OCH3 is 1. The molecule has 0 aliphatic heterocycles. The van der Waals surface area contributed by atoms with Crippen molar-refractivity contribution in [2.24, 2.45) is 0 Å². The van der Waals surface area contributed by atoms with Crippen molar-refractivity contribution in [2.45, 2.75) is 19.4 Å². The molecule has 4 heteroatoms. The number of benzene rings is 1. The summed E-state index contributed by atoms with van der Waals surface area (Å²) in [5.74, 6) is 1.65. The summed E-state index contributed by atoms with van der Waals surface area (Å²) in [7, 11) is 3.32. The largest absolute Gasteiger partial charge is 0.494 e. The second kappa shape index (κ2) is 5.89. The number of ether oxygens (including phenoxy) is 1. The summed E-state index contributed by atoms with van der Waals surface area (Å²) >= 11 is 0. The van der Waals surface area contributed by atoms with Crippen LogP contribution in [0.2, 0.25) is 0 Å². The smallest absolute Gasteiger partial charge is 0.165 e. The van der Waals surface area contributed by atoms with E-state index in [9.17, 15) is 4.39 Å². The molecule has 0 saturated carbocycles. The molecule has 1 heterocycles. The van der Waals surface area contributed by atoms with Gasteiger partial charge in [-0.15, -0.1) is 0 Å². The molecule has 0 aliphatic carbocycles. The van der Waals surface area contributed by atoms with E-state index in [2.05, 4.69) is 5.32 Å². The van der Waals surface area contributed by atoms with E-state index >= 15 is 0 Å². The SMILES string of the molecule is CNC(Cc1ccc(OC)c(F)c1)c1ccc(C)o1. The molecule has 0 fully saturated rings. The van der Waals surface area contributed by atoms with Crippen molar-refractivity contribution >= 4 is 0 Å². The lowest BCUT2D eigenvalue weighted by Gasteiger charge is -2.14. The van der Waals surface area contributed by atoms with Crippen molar-refractivity contribution in [3.8, 4) is 5.75 Å². The van der Waals surface area contributed by atoms with Crippen LogP contribution in [0.3, 0.4) is 0 Å². The van der Waals surface area contributed by atoms with E-state index < -0.39 is 0 Å². The Bertz CT molecular complexity index is 551. The molecule has 3 nitrogen and oxygen atoms in total. The van der Waals surface area contributed by atoms with Gasteiger partial charge in [-0.3, -0.25) is 0 Å². The van der Waals surface area contributed by atoms with Crippen molar-refractivity contribution in [3.05, 3.63) is 53.2 Å². The van der Waals surface area contributed by atoms with E-state index in [1.165, 1.54) is 13.2 Å². The monoisotopic (exact) mass is 263 g/mol. The van der Waals surface area contributed by atoms with Gasteiger partial charge in [-0.25, -0.2) is 4.39 Å². The number of hydrogen-bond donors (Lipinski definition) is 1. The third-order valence-corrected chi connectivity index (χ3v) is 3.11. The molecule has 0 spiro atoms. The van der Waals surface area contributed by atoms with Gasteiger partial charge in [0.15, 0.2) is 11.6 Å². The predicted molar refractivity (Wildman–Crippen MR) is 71.9 cm³/mol. The first-order valence-corrected chi connectivity index (χ1v) is 6.20. The number of rotatable bonds is 5. The fourth-order valence-corrected chi connectivity index (χ4v) is 2.06. The molecule has 0 radical (unpaired) electrons. The van der Waals surface area contributed by atoms with Crippen LogP contribution < -0.4 is 10.1 Å². The van der Waals surface area contributed by atoms with Gasteiger partial charge < -0.3 is 14.5 Å². The summed E-state index contributed by atoms with van der Waals surface area (Å²) in [4.78, 5) is 0. The highest BCUT2D eigenvalue weighted by Gasteiger charge is 2.15. The molecule has 1 aromatic heterocycles. The van der Waals surface area contributed by atoms with Crippen LogP contribution in [0.15, 0.2) is 34.7 Å². The molecule has 0 amide bonds. The first kappa shape index (κ1) is 13.6. The highest BCUT2D eigenvalue weighted by molar-refractivity contribution is 5.30. The van der Waals surface area contributed by atoms with E-state index in [0.29, 0.717) is 6.42 Å². The Kier molecular flexibility index (Phi) is 4.22. The first-order chi connectivity index (χ1) is 9.13. The Balaban J connectivity index is 2.16. The zero-order valence-electron chi connectivity index (χ0n) is 11.4. The molecular weight excluding hydrogens is 245 g/mol. The van der Waals surface area contributed by atoms with Gasteiger partial charge in [-0.05, 0) is 50.2 Å². The quantitative estimate of drug-likeness (QED) is 0.899. The summed E-state index contributed by atoms with van der Waals surface area (Å²) in [6, 6.07) is 8.90. The fourth-order valence-electron chi connectivity index (χ4n) is 2.06. The van der Waals surface area contributed by atoms with E-state index in [4.69, 9.17) is 9.15 Å². The van der Waals surface area contributed by atoms with Crippen LogP contribution in [0.1, 0.15) is 23.1 Å². The van der Waals surface area contributed by atoms with Crippen molar-refractivity contribution in [2.75, 3.05) is 14.2 Å². The third-order valence-electron chi connectivity index (χ3n) is 3.11. The molecule has 1 N–H and O–H groups in total. The number of hydrogen-bond acceptors (Lipinski definition) is 3. The predicted octanol–water partition coefficient (Wildman–Crippen LogP) is 3.24. The molecule has 0 bridgehead atoms. The van der Waals surface area contributed by atoms with Crippen LogP contribution in [0, 0.1) is 12.7 Å². The molecule has 2 aromatic rings. The zero-order valence-corrected chi connectivity index (χ0v) is 11.4. The Morgan fingerprint density at radius 2 is 2.11 bits per heavy atom. The zero-order chi connectivity index (χ0) is 13.8. The summed E-state index contributed by atoms with van der Waals surface area (Å²) in [6.07, 6.45) is 0.657. The van der Waals surface area contributed by atoms with E-state index in [1.54, 1.807) is 6.07 Å². The maximum Gasteiger partial charge on any atom is 0.165 e. The topological polar surface area (TPSA) is 34.4 Å². The average molecular weight is 263 g/mol. The normalized spacial score (nSPS) is 12.4. The highest BCUT2D eigenvalue weighted by atomic mass is 19.1. The van der Waals surface area contributed by atoms with Gasteiger partial charge in [0.05, 0.1) is 13.2 Å². The van der Waals surface area contributed by atoms with Gasteiger partial charge in [0, 0.05) is 0 Å². The van der Waals surface area contributed by atoms with Crippen LogP contribution in [-0.4, -0.2) is 14.2 Å². The molecule has 102 valence electrons. The van der Waals surface area contributed by atoms with Gasteiger partial charge in [-0.2, -0.15) is 0 Å². The number of halogens is 1. The van der Waals surface area contributed by atoms with Crippen LogP contribution >= 0.6 is 0 Å². The lowest BCUT2D eigenvalue weighted by Crippen LogP contribution is -2.18. The lowest BCUT2D eigenvalue weighted by molar-refractivity contribution is 0.385. The van der Waals surface area contributed by atoms with Crippen LogP contribution in [0.4, 0.5) is 4.39 Å². The summed E-state index contributed by atoms with van der Waals surface area (Å²) < 4.78 is 24.2. The molecule has 0 aliphatic rings. The van der Waals surface area contributed by atoms with E-state index in [1.807, 2.05) is 32.2 Å². The summed E-state index contributed by atoms with van der Waals surface area (Å²) in [5.41, 5.74) is 0.895. The van der Waals surface area contributed by atoms with Crippen molar-refractivity contribution in [1.29, 1.82) is 0 Å². The Labute approximate surface area is 112 Å². The van der Waals surface area contributed by atoms with Gasteiger partial charge >= 0.3 is 0 Å². The minimum atomic E-state index is -0.342. The van der Waals surface area contributed by atoms with Crippen molar-refractivity contribution in [3.63, 3.8) is 0 Å². The summed E-state index contributed by atoms with van der Waals surface area (Å²) in [6.45, 7) is 1.91. The molecular formula is C15H18FNO2. The van der Waals surface area contributed by atoms with Crippen molar-refractivity contribution in [1.82, 2.24) is 5.32 Å². The van der Waals surface area contributed by atoms with Gasteiger partial charge in [0.2, 0.25) is 0 Å². The van der Waals surface area contributed by atoms with E-state index in [-0.39, 0.29) is 17.6 Å². The Hall–Kier alpha value is -1.81. The summed E-state index contributed by atoms with van der Waals surface area (Å²) in [5, 5.41) is 3.18. The molecule has 1 aromatic carbocycles. The van der Waals surface area contributed by atoms with Crippen LogP contribution in [0.5, 0.6) is 5.75 Å². The minimum absolute atomic E-state index is 0.0292. The van der Waals surface area contributed by atoms with Gasteiger partial charge in [0.25, 0.3) is 0 Å². The Morgan fingerprint density at radius 3 is 2.63 bits per heavy atom. The lowest BCUT2D eigenvalue weighted by atomic mass is 10.0. The minimum Gasteiger partial charge on any atom is -0.494 e. The fraction of sp³-hybridized carbons (Fsp3) is 0.333. The number of nitrogens with one attached hydrogen (secondary N) is 1. The second-order valence-electron chi connectivity index (χ2n) is 4.46. The average Bonchev–Trinajstić information content (AvgIpc) is 2.82. The third kappa shape index (κ3) is 3.15. The molecule has 0 saturated heterocycles. The maximum absolute atomic E-state index is 13.6. The molecule has 2 rings (SSSR count). The second-order valence-corrected chi connectivity index (χ2v) is 4.46. The highest BCUT2D eigenvalue weighted by Crippen LogP contribution is 2.23. The standard InChI is InChI=1S/C15H18FNO2/c1-10-4-6-15(19-10)13(17-2)9-11-5-7-14(18-3)12(16)8-11/h4-8,13,17H,9H2,1-3H3. The van der Waals surface area contributed by atoms with Gasteiger partial charge in [-0.1, -0.05) is 6.07 Å². The van der Waals surface area contributed by atoms with Crippen molar-refractivity contribution < 1.29 is 13.5 Å². The van der Waals surface area contributed by atoms with Gasteiger partial charge in [0.1, 0.15) is 11.5 Å². The Morgan fingerprint density at radius 1 is 1.32 bits per heavy atom.